The van der Waals surface area contributed by atoms with Crippen LogP contribution in [-0.4, -0.2) is 13.7 Å². The fourth-order valence-corrected chi connectivity index (χ4v) is 2.00. The van der Waals surface area contributed by atoms with Gasteiger partial charge >= 0.3 is 0 Å². The summed E-state index contributed by atoms with van der Waals surface area (Å²) in [6, 6.07) is 8.62. The molecule has 1 atom stereocenters. The summed E-state index contributed by atoms with van der Waals surface area (Å²) in [5, 5.41) is 3.31. The van der Waals surface area contributed by atoms with Crippen molar-refractivity contribution in [3.05, 3.63) is 47.2 Å². The minimum absolute atomic E-state index is 0.202. The first-order valence-corrected chi connectivity index (χ1v) is 5.38. The Kier molecular flexibility index (Phi) is 3.07. The van der Waals surface area contributed by atoms with Gasteiger partial charge in [-0.05, 0) is 31.2 Å². The van der Waals surface area contributed by atoms with Gasteiger partial charge in [0.2, 0.25) is 0 Å². The third-order valence-corrected chi connectivity index (χ3v) is 2.80. The highest BCUT2D eigenvalue weighted by Crippen LogP contribution is 2.27. The summed E-state index contributed by atoms with van der Waals surface area (Å²) in [6.45, 7) is 2.95. The molecule has 0 bridgehead atoms. The smallest absolute Gasteiger partial charge is 0.114 e. The Morgan fingerprint density at radius 2 is 2.13 bits per heavy atom. The highest BCUT2D eigenvalue weighted by atomic mass is 16.5. The van der Waals surface area contributed by atoms with Crippen molar-refractivity contribution in [2.24, 2.45) is 0 Å². The molecule has 0 radical (unpaired) electrons. The fourth-order valence-electron chi connectivity index (χ4n) is 2.00. The molecule has 15 heavy (non-hydrogen) atoms. The second-order valence-corrected chi connectivity index (χ2v) is 3.82. The number of hydrogen-bond acceptors (Lipinski definition) is 2. The molecule has 0 spiro atoms. The van der Waals surface area contributed by atoms with Crippen LogP contribution in [0.2, 0.25) is 0 Å². The average Bonchev–Trinajstić information content (AvgIpc) is 2.75. The molecule has 0 aliphatic carbocycles. The molecule has 1 aliphatic rings. The third-order valence-electron chi connectivity index (χ3n) is 2.80. The average molecular weight is 203 g/mol. The second kappa shape index (κ2) is 4.49. The van der Waals surface area contributed by atoms with E-state index in [-0.39, 0.29) is 6.04 Å². The van der Waals surface area contributed by atoms with Gasteiger partial charge in [0.05, 0.1) is 12.6 Å². The van der Waals surface area contributed by atoms with Crippen LogP contribution in [0.5, 0.6) is 0 Å². The summed E-state index contributed by atoms with van der Waals surface area (Å²) in [6.07, 6.45) is 3.20. The minimum Gasteiger partial charge on any atom is -0.496 e. The van der Waals surface area contributed by atoms with E-state index in [0.717, 1.165) is 18.8 Å². The zero-order chi connectivity index (χ0) is 10.7. The van der Waals surface area contributed by atoms with Gasteiger partial charge in [0.25, 0.3) is 0 Å². The van der Waals surface area contributed by atoms with Crippen LogP contribution in [-0.2, 0) is 4.74 Å². The summed E-state index contributed by atoms with van der Waals surface area (Å²) in [4.78, 5) is 0. The maximum Gasteiger partial charge on any atom is 0.114 e. The quantitative estimate of drug-likeness (QED) is 0.815. The first kappa shape index (κ1) is 10.2. The Labute approximate surface area is 91.0 Å². The highest BCUT2D eigenvalue weighted by Gasteiger charge is 2.19. The highest BCUT2D eigenvalue weighted by molar-refractivity contribution is 5.33. The van der Waals surface area contributed by atoms with E-state index in [1.165, 1.54) is 11.1 Å². The van der Waals surface area contributed by atoms with Crippen LogP contribution >= 0.6 is 0 Å². The Hall–Kier alpha value is -1.28. The minimum atomic E-state index is 0.202. The zero-order valence-corrected chi connectivity index (χ0v) is 9.29. The van der Waals surface area contributed by atoms with Gasteiger partial charge in [-0.15, -0.1) is 0 Å². The van der Waals surface area contributed by atoms with E-state index in [4.69, 9.17) is 4.74 Å². The van der Waals surface area contributed by atoms with Crippen molar-refractivity contribution in [1.82, 2.24) is 5.32 Å². The van der Waals surface area contributed by atoms with E-state index in [1.807, 2.05) is 7.05 Å². The Morgan fingerprint density at radius 3 is 2.73 bits per heavy atom. The van der Waals surface area contributed by atoms with E-state index in [1.54, 1.807) is 0 Å². The van der Waals surface area contributed by atoms with Crippen molar-refractivity contribution in [2.75, 3.05) is 13.7 Å². The van der Waals surface area contributed by atoms with Gasteiger partial charge < -0.3 is 10.1 Å². The Balaban J connectivity index is 2.30. The number of likely N-dealkylation sites (N-methyl/N-ethyl adjacent to an activating group) is 1. The topological polar surface area (TPSA) is 21.3 Å². The van der Waals surface area contributed by atoms with Gasteiger partial charge in [0.15, 0.2) is 0 Å². The summed E-state index contributed by atoms with van der Waals surface area (Å²) in [5.74, 6) is 1.06. The molecule has 1 unspecified atom stereocenters. The molecule has 0 aromatic heterocycles. The van der Waals surface area contributed by atoms with Gasteiger partial charge in [-0.3, -0.25) is 0 Å². The second-order valence-electron chi connectivity index (χ2n) is 3.82. The predicted molar refractivity (Wildman–Crippen MR) is 61.6 cm³/mol. The lowest BCUT2D eigenvalue weighted by atomic mass is 10.00. The molecule has 80 valence electrons. The van der Waals surface area contributed by atoms with Crippen molar-refractivity contribution < 1.29 is 4.74 Å². The van der Waals surface area contributed by atoms with Gasteiger partial charge in [-0.25, -0.2) is 0 Å². The molecule has 0 saturated heterocycles. The van der Waals surface area contributed by atoms with E-state index >= 15 is 0 Å². The van der Waals surface area contributed by atoms with Crippen LogP contribution in [0, 0.1) is 6.92 Å². The molecule has 1 aromatic rings. The number of aryl methyl sites for hydroxylation is 1. The summed E-state index contributed by atoms with van der Waals surface area (Å²) < 4.78 is 5.61. The van der Waals surface area contributed by atoms with Crippen LogP contribution in [0.15, 0.2) is 36.1 Å². The predicted octanol–water partition coefficient (Wildman–Crippen LogP) is 2.56. The summed E-state index contributed by atoms with van der Waals surface area (Å²) in [5.41, 5.74) is 2.60. The van der Waals surface area contributed by atoms with Gasteiger partial charge in [-0.1, -0.05) is 24.3 Å². The van der Waals surface area contributed by atoms with Crippen LogP contribution in [0.1, 0.15) is 23.6 Å². The molecular weight excluding hydrogens is 186 g/mol. The van der Waals surface area contributed by atoms with E-state index in [9.17, 15) is 0 Å². The standard InChI is InChI=1S/C13H17NO/c1-10-6-3-4-7-11(10)13(14-2)12-8-5-9-15-12/h3-4,6-8,13-14H,5,9H2,1-2H3. The third kappa shape index (κ3) is 2.05. The SMILES string of the molecule is CNC(C1=CCCO1)c1ccccc1C. The lowest BCUT2D eigenvalue weighted by Gasteiger charge is -2.19. The van der Waals surface area contributed by atoms with E-state index in [2.05, 4.69) is 42.6 Å². The van der Waals surface area contributed by atoms with E-state index in [0.29, 0.717) is 0 Å². The number of hydrogen-bond donors (Lipinski definition) is 1. The van der Waals surface area contributed by atoms with Crippen molar-refractivity contribution in [2.45, 2.75) is 19.4 Å². The molecule has 1 heterocycles. The van der Waals surface area contributed by atoms with Crippen molar-refractivity contribution >= 4 is 0 Å². The molecule has 1 N–H and O–H groups in total. The lowest BCUT2D eigenvalue weighted by molar-refractivity contribution is 0.218. The molecule has 1 aliphatic heterocycles. The Bertz CT molecular complexity index is 371. The van der Waals surface area contributed by atoms with Crippen LogP contribution in [0.4, 0.5) is 0 Å². The van der Waals surface area contributed by atoms with Crippen molar-refractivity contribution in [3.63, 3.8) is 0 Å². The molecule has 0 fully saturated rings. The summed E-state index contributed by atoms with van der Waals surface area (Å²) >= 11 is 0. The van der Waals surface area contributed by atoms with Crippen molar-refractivity contribution in [3.8, 4) is 0 Å². The summed E-state index contributed by atoms with van der Waals surface area (Å²) in [7, 11) is 1.97. The number of ether oxygens (including phenoxy) is 1. The fraction of sp³-hybridized carbons (Fsp3) is 0.385. The van der Waals surface area contributed by atoms with Gasteiger partial charge in [0, 0.05) is 6.42 Å². The molecule has 2 nitrogen and oxygen atoms in total. The molecule has 1 aromatic carbocycles. The molecular formula is C13H17NO. The maximum atomic E-state index is 5.61. The number of benzene rings is 1. The largest absolute Gasteiger partial charge is 0.496 e. The monoisotopic (exact) mass is 203 g/mol. The van der Waals surface area contributed by atoms with Gasteiger partial charge in [-0.2, -0.15) is 0 Å². The number of rotatable bonds is 3. The normalized spacial score (nSPS) is 17.1. The Morgan fingerprint density at radius 1 is 1.33 bits per heavy atom. The first-order valence-electron chi connectivity index (χ1n) is 5.38. The molecule has 2 heteroatoms. The molecule has 0 amide bonds. The number of nitrogens with one attached hydrogen (secondary N) is 1. The van der Waals surface area contributed by atoms with Crippen LogP contribution in [0.25, 0.3) is 0 Å². The zero-order valence-electron chi connectivity index (χ0n) is 9.29. The van der Waals surface area contributed by atoms with E-state index < -0.39 is 0 Å². The van der Waals surface area contributed by atoms with Gasteiger partial charge in [0.1, 0.15) is 5.76 Å². The molecule has 0 saturated carbocycles. The first-order chi connectivity index (χ1) is 7.33. The van der Waals surface area contributed by atoms with Crippen molar-refractivity contribution in [1.29, 1.82) is 0 Å². The maximum absolute atomic E-state index is 5.61. The van der Waals surface area contributed by atoms with Crippen LogP contribution < -0.4 is 5.32 Å². The van der Waals surface area contributed by atoms with Crippen LogP contribution in [0.3, 0.4) is 0 Å². The molecule has 2 rings (SSSR count). The lowest BCUT2D eigenvalue weighted by Crippen LogP contribution is -2.19.